The number of halogens is 1. The van der Waals surface area contributed by atoms with E-state index in [1.807, 2.05) is 0 Å². The molecule has 7 heteroatoms. The molecule has 5 nitrogen and oxygen atoms in total. The second-order valence-corrected chi connectivity index (χ2v) is 7.74. The van der Waals surface area contributed by atoms with Crippen LogP contribution in [-0.4, -0.2) is 32.3 Å². The van der Waals surface area contributed by atoms with Crippen molar-refractivity contribution < 1.29 is 13.2 Å². The van der Waals surface area contributed by atoms with E-state index in [4.69, 9.17) is 5.14 Å². The number of sulfonamides is 1. The third-order valence-electron chi connectivity index (χ3n) is 3.76. The van der Waals surface area contributed by atoms with Crippen molar-refractivity contribution in [1.29, 1.82) is 0 Å². The van der Waals surface area contributed by atoms with Crippen molar-refractivity contribution >= 4 is 31.9 Å². The number of carbonyl (C=O) groups excluding carboxylic acids is 1. The van der Waals surface area contributed by atoms with Gasteiger partial charge in [0.2, 0.25) is 10.0 Å². The van der Waals surface area contributed by atoms with Crippen LogP contribution >= 0.6 is 15.9 Å². The molecule has 0 bridgehead atoms. The first kappa shape index (κ1) is 15.5. The van der Waals surface area contributed by atoms with Gasteiger partial charge in [0.15, 0.2) is 0 Å². The molecule has 1 saturated heterocycles. The van der Waals surface area contributed by atoms with Gasteiger partial charge in [0.25, 0.3) is 5.91 Å². The molecule has 0 spiro atoms. The van der Waals surface area contributed by atoms with Gasteiger partial charge in [0.05, 0.1) is 4.90 Å². The zero-order valence-electron chi connectivity index (χ0n) is 11.3. The van der Waals surface area contributed by atoms with Crippen molar-refractivity contribution in [3.05, 3.63) is 28.2 Å². The third kappa shape index (κ3) is 3.05. The number of primary sulfonamides is 1. The van der Waals surface area contributed by atoms with Crippen molar-refractivity contribution in [3.8, 4) is 0 Å². The molecule has 2 unspecified atom stereocenters. The number of rotatable bonds is 2. The van der Waals surface area contributed by atoms with Crippen LogP contribution in [0.3, 0.4) is 0 Å². The first-order valence-corrected chi connectivity index (χ1v) is 8.65. The molecule has 1 amide bonds. The second-order valence-electron chi connectivity index (χ2n) is 5.35. The quantitative estimate of drug-likeness (QED) is 0.873. The maximum absolute atomic E-state index is 12.4. The fraction of sp³-hybridized carbons (Fsp3) is 0.462. The molecule has 2 N–H and O–H groups in total. The molecule has 0 saturated carbocycles. The number of hydrogen-bond acceptors (Lipinski definition) is 3. The summed E-state index contributed by atoms with van der Waals surface area (Å²) in [5.41, 5.74) is 0.346. The largest absolute Gasteiger partial charge is 0.338 e. The van der Waals surface area contributed by atoms with Crippen LogP contribution in [0.1, 0.15) is 24.2 Å². The Labute approximate surface area is 127 Å². The van der Waals surface area contributed by atoms with E-state index < -0.39 is 10.0 Å². The molecule has 20 heavy (non-hydrogen) atoms. The van der Waals surface area contributed by atoms with E-state index in [1.54, 1.807) is 11.0 Å². The summed E-state index contributed by atoms with van der Waals surface area (Å²) in [6.45, 7) is 5.60. The Morgan fingerprint density at radius 2 is 1.85 bits per heavy atom. The minimum atomic E-state index is -3.85. The second kappa shape index (κ2) is 5.46. The van der Waals surface area contributed by atoms with Crippen molar-refractivity contribution in [2.24, 2.45) is 17.0 Å². The number of nitrogens with two attached hydrogens (primary N) is 1. The van der Waals surface area contributed by atoms with E-state index in [1.165, 1.54) is 12.1 Å². The SMILES string of the molecule is CC1CN(C(=O)c2ccc(Br)c(S(N)(=O)=O)c2)CC1C. The highest BCUT2D eigenvalue weighted by molar-refractivity contribution is 9.10. The van der Waals surface area contributed by atoms with Crippen LogP contribution in [0.2, 0.25) is 0 Å². The Bertz CT molecular complexity index is 635. The first-order chi connectivity index (χ1) is 9.20. The van der Waals surface area contributed by atoms with E-state index in [2.05, 4.69) is 29.8 Å². The van der Waals surface area contributed by atoms with E-state index >= 15 is 0 Å². The number of benzene rings is 1. The van der Waals surface area contributed by atoms with Gasteiger partial charge in [-0.15, -0.1) is 0 Å². The van der Waals surface area contributed by atoms with Gasteiger partial charge >= 0.3 is 0 Å². The summed E-state index contributed by atoms with van der Waals surface area (Å²) in [7, 11) is -3.85. The summed E-state index contributed by atoms with van der Waals surface area (Å²) in [5, 5.41) is 5.14. The highest BCUT2D eigenvalue weighted by Crippen LogP contribution is 2.26. The molecule has 2 atom stereocenters. The van der Waals surface area contributed by atoms with Gasteiger partial charge in [0.1, 0.15) is 0 Å². The zero-order valence-corrected chi connectivity index (χ0v) is 13.7. The molecule has 1 aliphatic heterocycles. The summed E-state index contributed by atoms with van der Waals surface area (Å²) in [5.74, 6) is 0.748. The molecular weight excluding hydrogens is 344 g/mol. The van der Waals surface area contributed by atoms with Gasteiger partial charge in [-0.1, -0.05) is 13.8 Å². The minimum Gasteiger partial charge on any atom is -0.338 e. The number of amides is 1. The number of nitrogens with zero attached hydrogens (tertiary/aromatic N) is 1. The van der Waals surface area contributed by atoms with Crippen molar-refractivity contribution in [1.82, 2.24) is 4.90 Å². The fourth-order valence-electron chi connectivity index (χ4n) is 2.33. The standard InChI is InChI=1S/C13H17BrN2O3S/c1-8-6-16(7-9(8)2)13(17)10-3-4-11(14)12(5-10)20(15,18)19/h3-5,8-9H,6-7H2,1-2H3,(H2,15,18,19). The normalized spacial score (nSPS) is 23.1. The van der Waals surface area contributed by atoms with Crippen LogP contribution < -0.4 is 5.14 Å². The number of carbonyl (C=O) groups is 1. The molecular formula is C13H17BrN2O3S. The highest BCUT2D eigenvalue weighted by atomic mass is 79.9. The Morgan fingerprint density at radius 1 is 1.30 bits per heavy atom. The Hall–Kier alpha value is -0.920. The molecule has 1 aliphatic rings. The third-order valence-corrected chi connectivity index (χ3v) is 5.66. The summed E-state index contributed by atoms with van der Waals surface area (Å²) in [4.78, 5) is 14.1. The molecule has 0 aliphatic carbocycles. The van der Waals surface area contributed by atoms with Gasteiger partial charge in [-0.25, -0.2) is 13.6 Å². The van der Waals surface area contributed by atoms with E-state index in [9.17, 15) is 13.2 Å². The summed E-state index contributed by atoms with van der Waals surface area (Å²) in [6.07, 6.45) is 0. The molecule has 1 heterocycles. The molecule has 0 radical (unpaired) electrons. The van der Waals surface area contributed by atoms with Crippen LogP contribution in [0.4, 0.5) is 0 Å². The smallest absolute Gasteiger partial charge is 0.253 e. The lowest BCUT2D eigenvalue weighted by atomic mass is 10.0. The number of hydrogen-bond donors (Lipinski definition) is 1. The lowest BCUT2D eigenvalue weighted by Gasteiger charge is -2.16. The average Bonchev–Trinajstić information content (AvgIpc) is 2.68. The predicted octanol–water partition coefficient (Wildman–Crippen LogP) is 1.82. The van der Waals surface area contributed by atoms with E-state index in [0.717, 1.165) is 0 Å². The summed E-state index contributed by atoms with van der Waals surface area (Å²) >= 11 is 3.13. The van der Waals surface area contributed by atoms with Crippen LogP contribution in [0.25, 0.3) is 0 Å². The minimum absolute atomic E-state index is 0.0661. The maximum atomic E-state index is 12.4. The Balaban J connectivity index is 2.33. The number of likely N-dealkylation sites (tertiary alicyclic amines) is 1. The lowest BCUT2D eigenvalue weighted by molar-refractivity contribution is 0.0784. The van der Waals surface area contributed by atoms with Crippen molar-refractivity contribution in [2.45, 2.75) is 18.7 Å². The van der Waals surface area contributed by atoms with Gasteiger partial charge in [-0.2, -0.15) is 0 Å². The molecule has 0 aromatic heterocycles. The lowest BCUT2D eigenvalue weighted by Crippen LogP contribution is -2.29. The van der Waals surface area contributed by atoms with Crippen LogP contribution in [-0.2, 0) is 10.0 Å². The monoisotopic (exact) mass is 360 g/mol. The molecule has 1 aromatic rings. The first-order valence-electron chi connectivity index (χ1n) is 6.31. The summed E-state index contributed by atoms with van der Waals surface area (Å²) < 4.78 is 23.3. The van der Waals surface area contributed by atoms with E-state index in [0.29, 0.717) is 35.0 Å². The van der Waals surface area contributed by atoms with E-state index in [-0.39, 0.29) is 10.8 Å². The highest BCUT2D eigenvalue weighted by Gasteiger charge is 2.30. The van der Waals surface area contributed by atoms with Gasteiger partial charge in [-0.05, 0) is 46.0 Å². The van der Waals surface area contributed by atoms with Crippen LogP contribution in [0.15, 0.2) is 27.6 Å². The molecule has 1 aromatic carbocycles. The summed E-state index contributed by atoms with van der Waals surface area (Å²) in [6, 6.07) is 4.47. The molecule has 1 fully saturated rings. The topological polar surface area (TPSA) is 80.5 Å². The molecule has 110 valence electrons. The van der Waals surface area contributed by atoms with Gasteiger partial charge < -0.3 is 4.90 Å². The zero-order chi connectivity index (χ0) is 15.1. The van der Waals surface area contributed by atoms with Crippen LogP contribution in [0.5, 0.6) is 0 Å². The van der Waals surface area contributed by atoms with Gasteiger partial charge in [0, 0.05) is 23.1 Å². The fourth-order valence-corrected chi connectivity index (χ4v) is 3.89. The van der Waals surface area contributed by atoms with Crippen molar-refractivity contribution in [2.75, 3.05) is 13.1 Å². The Kier molecular flexibility index (Phi) is 4.22. The van der Waals surface area contributed by atoms with Crippen molar-refractivity contribution in [3.63, 3.8) is 0 Å². The van der Waals surface area contributed by atoms with Gasteiger partial charge in [-0.3, -0.25) is 4.79 Å². The van der Waals surface area contributed by atoms with Crippen LogP contribution in [0, 0.1) is 11.8 Å². The average molecular weight is 361 g/mol. The maximum Gasteiger partial charge on any atom is 0.253 e. The Morgan fingerprint density at radius 3 is 2.35 bits per heavy atom. The molecule has 2 rings (SSSR count). The predicted molar refractivity (Wildman–Crippen MR) is 79.7 cm³/mol.